The van der Waals surface area contributed by atoms with Gasteiger partial charge in [0, 0.05) is 25.3 Å². The number of rotatable bonds is 8. The minimum absolute atomic E-state index is 0.0262. The third-order valence-electron chi connectivity index (χ3n) is 5.75. The maximum absolute atomic E-state index is 13.3. The summed E-state index contributed by atoms with van der Waals surface area (Å²) in [6.45, 7) is 0.304. The van der Waals surface area contributed by atoms with Gasteiger partial charge in [0.25, 0.3) is 0 Å². The van der Waals surface area contributed by atoms with Crippen molar-refractivity contribution in [3.63, 3.8) is 0 Å². The lowest BCUT2D eigenvalue weighted by Crippen LogP contribution is -2.38. The summed E-state index contributed by atoms with van der Waals surface area (Å²) in [4.78, 5) is 14.2. The number of benzene rings is 2. The summed E-state index contributed by atoms with van der Waals surface area (Å²) in [5.74, 6) is -2.14. The van der Waals surface area contributed by atoms with E-state index < -0.39 is 21.7 Å². The number of likely N-dealkylation sites (N-methyl/N-ethyl adjacent to an activating group) is 1. The summed E-state index contributed by atoms with van der Waals surface area (Å²) in [5, 5.41) is 2.73. The Bertz CT molecular complexity index is 1040. The molecule has 0 atom stereocenters. The average molecular weight is 466 g/mol. The van der Waals surface area contributed by atoms with Crippen LogP contribution in [0.1, 0.15) is 37.7 Å². The SMILES string of the molecule is CN(CC(=O)Nc1ccc(S(=O)(=O)N(C)C2CCCCC2)cc1)Cc1ccc(F)c(F)c1. The van der Waals surface area contributed by atoms with Crippen molar-refractivity contribution in [2.24, 2.45) is 0 Å². The van der Waals surface area contributed by atoms with Crippen LogP contribution in [0.2, 0.25) is 0 Å². The van der Waals surface area contributed by atoms with Crippen molar-refractivity contribution in [1.29, 1.82) is 0 Å². The highest BCUT2D eigenvalue weighted by Gasteiger charge is 2.28. The van der Waals surface area contributed by atoms with Gasteiger partial charge in [0.2, 0.25) is 15.9 Å². The Morgan fingerprint density at radius 1 is 1.00 bits per heavy atom. The molecule has 1 aliphatic carbocycles. The minimum atomic E-state index is -3.59. The van der Waals surface area contributed by atoms with Crippen LogP contribution in [0.25, 0.3) is 0 Å². The van der Waals surface area contributed by atoms with E-state index in [1.165, 1.54) is 22.5 Å². The zero-order chi connectivity index (χ0) is 23.3. The summed E-state index contributed by atoms with van der Waals surface area (Å²) in [6.07, 6.45) is 4.98. The normalized spacial score (nSPS) is 15.3. The summed E-state index contributed by atoms with van der Waals surface area (Å²) in [7, 11) is -0.268. The third-order valence-corrected chi connectivity index (χ3v) is 7.68. The molecule has 0 heterocycles. The second kappa shape index (κ2) is 10.5. The maximum atomic E-state index is 13.3. The van der Waals surface area contributed by atoms with Crippen LogP contribution in [0.3, 0.4) is 0 Å². The number of nitrogens with zero attached hydrogens (tertiary/aromatic N) is 2. The molecule has 6 nitrogen and oxygen atoms in total. The molecule has 0 bridgehead atoms. The Labute approximate surface area is 188 Å². The standard InChI is InChI=1S/C23H29F2N3O3S/c1-27(15-17-8-13-21(24)22(25)14-17)16-23(29)26-18-9-11-20(12-10-18)32(30,31)28(2)19-6-4-3-5-7-19/h8-14,19H,3-7,15-16H2,1-2H3,(H,26,29). The number of hydrogen-bond donors (Lipinski definition) is 1. The van der Waals surface area contributed by atoms with E-state index in [2.05, 4.69) is 5.32 Å². The average Bonchev–Trinajstić information content (AvgIpc) is 2.76. The van der Waals surface area contributed by atoms with Gasteiger partial charge in [-0.2, -0.15) is 4.31 Å². The predicted octanol–water partition coefficient (Wildman–Crippen LogP) is 3.99. The number of halogens is 2. The number of carbonyl (C=O) groups is 1. The summed E-state index contributed by atoms with van der Waals surface area (Å²) >= 11 is 0. The van der Waals surface area contributed by atoms with E-state index in [4.69, 9.17) is 0 Å². The molecule has 0 radical (unpaired) electrons. The third kappa shape index (κ3) is 6.11. The van der Waals surface area contributed by atoms with Gasteiger partial charge >= 0.3 is 0 Å². The van der Waals surface area contributed by atoms with Gasteiger partial charge in [0.1, 0.15) is 0 Å². The van der Waals surface area contributed by atoms with E-state index in [1.807, 2.05) is 0 Å². The molecule has 0 saturated heterocycles. The van der Waals surface area contributed by atoms with Gasteiger partial charge in [0.05, 0.1) is 11.4 Å². The van der Waals surface area contributed by atoms with Crippen molar-refractivity contribution in [2.45, 2.75) is 49.6 Å². The number of anilines is 1. The van der Waals surface area contributed by atoms with Crippen LogP contribution in [0.5, 0.6) is 0 Å². The fourth-order valence-electron chi connectivity index (χ4n) is 3.97. The van der Waals surface area contributed by atoms with Gasteiger partial charge in [-0.1, -0.05) is 25.3 Å². The number of carbonyl (C=O) groups excluding carboxylic acids is 1. The number of hydrogen-bond acceptors (Lipinski definition) is 4. The van der Waals surface area contributed by atoms with Gasteiger partial charge in [-0.3, -0.25) is 9.69 Å². The number of sulfonamides is 1. The Morgan fingerprint density at radius 2 is 1.66 bits per heavy atom. The molecule has 0 spiro atoms. The zero-order valence-electron chi connectivity index (χ0n) is 18.4. The van der Waals surface area contributed by atoms with Crippen molar-refractivity contribution in [2.75, 3.05) is 26.0 Å². The van der Waals surface area contributed by atoms with E-state index in [-0.39, 0.29) is 29.9 Å². The highest BCUT2D eigenvalue weighted by atomic mass is 32.2. The fraction of sp³-hybridized carbons (Fsp3) is 0.435. The summed E-state index contributed by atoms with van der Waals surface area (Å²) < 4.78 is 53.7. The van der Waals surface area contributed by atoms with E-state index in [9.17, 15) is 22.0 Å². The molecule has 2 aromatic carbocycles. The van der Waals surface area contributed by atoms with E-state index in [1.54, 1.807) is 31.1 Å². The molecule has 2 aromatic rings. The first-order chi connectivity index (χ1) is 15.2. The van der Waals surface area contributed by atoms with Crippen LogP contribution < -0.4 is 5.32 Å². The van der Waals surface area contributed by atoms with Crippen molar-refractivity contribution in [3.8, 4) is 0 Å². The van der Waals surface area contributed by atoms with Gasteiger partial charge in [-0.25, -0.2) is 17.2 Å². The molecule has 1 fully saturated rings. The molecule has 0 unspecified atom stereocenters. The molecule has 1 saturated carbocycles. The highest BCUT2D eigenvalue weighted by Crippen LogP contribution is 2.27. The Hall–Kier alpha value is -2.36. The van der Waals surface area contributed by atoms with Crippen LogP contribution in [0.4, 0.5) is 14.5 Å². The van der Waals surface area contributed by atoms with Crippen LogP contribution >= 0.6 is 0 Å². The quantitative estimate of drug-likeness (QED) is 0.640. The topological polar surface area (TPSA) is 69.7 Å². The van der Waals surface area contributed by atoms with Crippen molar-refractivity contribution in [3.05, 3.63) is 59.7 Å². The van der Waals surface area contributed by atoms with Gasteiger partial charge in [0.15, 0.2) is 11.6 Å². The van der Waals surface area contributed by atoms with Crippen molar-refractivity contribution >= 4 is 21.6 Å². The van der Waals surface area contributed by atoms with Crippen LogP contribution in [0.15, 0.2) is 47.4 Å². The van der Waals surface area contributed by atoms with Gasteiger partial charge in [-0.15, -0.1) is 0 Å². The minimum Gasteiger partial charge on any atom is -0.325 e. The predicted molar refractivity (Wildman–Crippen MR) is 120 cm³/mol. The second-order valence-corrected chi connectivity index (χ2v) is 10.3. The maximum Gasteiger partial charge on any atom is 0.243 e. The van der Waals surface area contributed by atoms with Crippen molar-refractivity contribution < 1.29 is 22.0 Å². The van der Waals surface area contributed by atoms with Crippen LogP contribution in [-0.4, -0.2) is 50.2 Å². The first-order valence-electron chi connectivity index (χ1n) is 10.7. The largest absolute Gasteiger partial charge is 0.325 e. The van der Waals surface area contributed by atoms with Crippen LogP contribution in [-0.2, 0) is 21.4 Å². The Kier molecular flexibility index (Phi) is 7.97. The lowest BCUT2D eigenvalue weighted by Gasteiger charge is -2.30. The highest BCUT2D eigenvalue weighted by molar-refractivity contribution is 7.89. The van der Waals surface area contributed by atoms with Gasteiger partial charge in [-0.05, 0) is 61.9 Å². The van der Waals surface area contributed by atoms with Crippen LogP contribution in [0, 0.1) is 11.6 Å². The summed E-state index contributed by atoms with van der Waals surface area (Å²) in [5.41, 5.74) is 1.03. The lowest BCUT2D eigenvalue weighted by atomic mass is 9.96. The molecule has 0 aromatic heterocycles. The smallest absolute Gasteiger partial charge is 0.243 e. The molecule has 1 N–H and O–H groups in total. The molecular formula is C23H29F2N3O3S. The first kappa shape index (κ1) is 24.3. The van der Waals surface area contributed by atoms with E-state index >= 15 is 0 Å². The molecule has 1 amide bonds. The Morgan fingerprint density at radius 3 is 2.28 bits per heavy atom. The van der Waals surface area contributed by atoms with Crippen molar-refractivity contribution in [1.82, 2.24) is 9.21 Å². The second-order valence-electron chi connectivity index (χ2n) is 8.31. The molecular weight excluding hydrogens is 436 g/mol. The fourth-order valence-corrected chi connectivity index (χ4v) is 5.38. The molecule has 1 aliphatic rings. The molecule has 0 aliphatic heterocycles. The molecule has 174 valence electrons. The van der Waals surface area contributed by atoms with Gasteiger partial charge < -0.3 is 5.32 Å². The monoisotopic (exact) mass is 465 g/mol. The zero-order valence-corrected chi connectivity index (χ0v) is 19.2. The van der Waals surface area contributed by atoms with E-state index in [0.717, 1.165) is 44.2 Å². The molecule has 3 rings (SSSR count). The lowest BCUT2D eigenvalue weighted by molar-refractivity contribution is -0.117. The number of amides is 1. The van der Waals surface area contributed by atoms with E-state index in [0.29, 0.717) is 11.3 Å². The number of nitrogens with one attached hydrogen (secondary N) is 1. The molecule has 9 heteroatoms. The summed E-state index contributed by atoms with van der Waals surface area (Å²) in [6, 6.07) is 9.77. The Balaban J connectivity index is 1.56. The first-order valence-corrected chi connectivity index (χ1v) is 12.1. The molecule has 32 heavy (non-hydrogen) atoms.